The van der Waals surface area contributed by atoms with E-state index in [2.05, 4.69) is 36.8 Å². The average molecular weight is 394 g/mol. The van der Waals surface area contributed by atoms with Gasteiger partial charge >= 0.3 is 0 Å². The Hall–Kier alpha value is -1.59. The highest BCUT2D eigenvalue weighted by Gasteiger charge is 2.08. The average Bonchev–Trinajstić information content (AvgIpc) is 2.44. The number of nitrogens with two attached hydrogens (primary N) is 1. The van der Waals surface area contributed by atoms with E-state index in [9.17, 15) is 0 Å². The second-order valence-corrected chi connectivity index (χ2v) is 6.09. The third-order valence-corrected chi connectivity index (χ3v) is 3.82. The molecule has 100 valence electrons. The van der Waals surface area contributed by atoms with Crippen LogP contribution in [0.15, 0.2) is 57.6 Å². The predicted molar refractivity (Wildman–Crippen MR) is 88.1 cm³/mol. The molecule has 0 atom stereocenters. The van der Waals surface area contributed by atoms with Crippen molar-refractivity contribution in [2.75, 3.05) is 5.73 Å². The molecule has 0 aliphatic heterocycles. The number of fused-ring (bicyclic) bond motifs is 1. The number of ether oxygens (including phenoxy) is 1. The summed E-state index contributed by atoms with van der Waals surface area (Å²) in [6.07, 6.45) is 1.73. The van der Waals surface area contributed by atoms with Crippen LogP contribution in [0.25, 0.3) is 10.9 Å². The minimum absolute atomic E-state index is 0.678. The molecule has 0 fully saturated rings. The highest BCUT2D eigenvalue weighted by molar-refractivity contribution is 9.10. The summed E-state index contributed by atoms with van der Waals surface area (Å²) >= 11 is 6.80. The fraction of sp³-hybridized carbons (Fsp3) is 0. The first kappa shape index (κ1) is 13.4. The first-order valence-corrected chi connectivity index (χ1v) is 7.49. The number of hydrogen-bond acceptors (Lipinski definition) is 3. The Morgan fingerprint density at radius 3 is 2.45 bits per heavy atom. The van der Waals surface area contributed by atoms with Gasteiger partial charge in [0.05, 0.1) is 0 Å². The maximum absolute atomic E-state index is 5.98. The second-order valence-electron chi connectivity index (χ2n) is 4.26. The number of rotatable bonds is 2. The van der Waals surface area contributed by atoms with E-state index in [-0.39, 0.29) is 0 Å². The maximum atomic E-state index is 5.98. The van der Waals surface area contributed by atoms with Crippen molar-refractivity contribution in [2.24, 2.45) is 0 Å². The standard InChI is InChI=1S/C15H10Br2N2O/c16-9-1-3-11(4-2-9)20-14-6-5-13(18)12-7-10(17)8-19-15(12)14/h1-8H,18H2. The van der Waals surface area contributed by atoms with Crippen LogP contribution in [0.1, 0.15) is 0 Å². The smallest absolute Gasteiger partial charge is 0.153 e. The van der Waals surface area contributed by atoms with E-state index in [0.717, 1.165) is 25.6 Å². The number of nitrogens with zero attached hydrogens (tertiary/aromatic N) is 1. The van der Waals surface area contributed by atoms with Gasteiger partial charge in [0.25, 0.3) is 0 Å². The molecule has 0 bridgehead atoms. The highest BCUT2D eigenvalue weighted by atomic mass is 79.9. The van der Waals surface area contributed by atoms with Crippen LogP contribution in [0, 0.1) is 0 Å². The normalized spacial score (nSPS) is 10.7. The van der Waals surface area contributed by atoms with Gasteiger partial charge in [-0.3, -0.25) is 4.98 Å². The maximum Gasteiger partial charge on any atom is 0.153 e. The molecule has 3 rings (SSSR count). The number of benzene rings is 2. The summed E-state index contributed by atoms with van der Waals surface area (Å²) in [5.41, 5.74) is 7.41. The van der Waals surface area contributed by atoms with Crippen LogP contribution in [0.2, 0.25) is 0 Å². The lowest BCUT2D eigenvalue weighted by Gasteiger charge is -2.10. The molecule has 0 saturated heterocycles. The third kappa shape index (κ3) is 2.64. The molecule has 0 radical (unpaired) electrons. The quantitative estimate of drug-likeness (QED) is 0.613. The lowest BCUT2D eigenvalue weighted by atomic mass is 10.1. The number of halogens is 2. The van der Waals surface area contributed by atoms with Crippen molar-refractivity contribution in [3.63, 3.8) is 0 Å². The summed E-state index contributed by atoms with van der Waals surface area (Å²) in [5.74, 6) is 1.44. The largest absolute Gasteiger partial charge is 0.455 e. The fourth-order valence-electron chi connectivity index (χ4n) is 1.90. The van der Waals surface area contributed by atoms with Gasteiger partial charge in [0.1, 0.15) is 11.3 Å². The topological polar surface area (TPSA) is 48.1 Å². The van der Waals surface area contributed by atoms with Crippen molar-refractivity contribution in [1.29, 1.82) is 0 Å². The molecule has 2 N–H and O–H groups in total. The Morgan fingerprint density at radius 1 is 0.950 bits per heavy atom. The van der Waals surface area contributed by atoms with Crippen molar-refractivity contribution in [3.8, 4) is 11.5 Å². The SMILES string of the molecule is Nc1ccc(Oc2ccc(Br)cc2)c2ncc(Br)cc12. The Balaban J connectivity index is 2.08. The van der Waals surface area contributed by atoms with E-state index in [1.54, 1.807) is 6.20 Å². The zero-order chi connectivity index (χ0) is 14.1. The number of nitrogen functional groups attached to an aromatic ring is 1. The summed E-state index contributed by atoms with van der Waals surface area (Å²) in [6.45, 7) is 0. The molecule has 0 spiro atoms. The minimum atomic E-state index is 0.678. The van der Waals surface area contributed by atoms with E-state index < -0.39 is 0 Å². The fourth-order valence-corrected chi connectivity index (χ4v) is 2.50. The zero-order valence-corrected chi connectivity index (χ0v) is 13.5. The van der Waals surface area contributed by atoms with Gasteiger partial charge in [-0.1, -0.05) is 15.9 Å². The zero-order valence-electron chi connectivity index (χ0n) is 10.3. The third-order valence-electron chi connectivity index (χ3n) is 2.85. The van der Waals surface area contributed by atoms with Crippen LogP contribution < -0.4 is 10.5 Å². The number of hydrogen-bond donors (Lipinski definition) is 1. The molecule has 5 heteroatoms. The summed E-state index contributed by atoms with van der Waals surface area (Å²) in [5, 5.41) is 0.869. The van der Waals surface area contributed by atoms with Gasteiger partial charge in [0.2, 0.25) is 0 Å². The van der Waals surface area contributed by atoms with Gasteiger partial charge in [-0.2, -0.15) is 0 Å². The first-order valence-electron chi connectivity index (χ1n) is 5.90. The number of anilines is 1. The molecule has 0 aliphatic carbocycles. The van der Waals surface area contributed by atoms with Crippen LogP contribution in [-0.2, 0) is 0 Å². The monoisotopic (exact) mass is 392 g/mol. The molecule has 1 heterocycles. The highest BCUT2D eigenvalue weighted by Crippen LogP contribution is 2.33. The predicted octanol–water partition coefficient (Wildman–Crippen LogP) is 5.13. The Labute approximate surface area is 133 Å². The van der Waals surface area contributed by atoms with Gasteiger partial charge in [0.15, 0.2) is 5.75 Å². The van der Waals surface area contributed by atoms with Crippen LogP contribution in [0.4, 0.5) is 5.69 Å². The van der Waals surface area contributed by atoms with E-state index in [4.69, 9.17) is 10.5 Å². The summed E-state index contributed by atoms with van der Waals surface area (Å²) in [6, 6.07) is 13.2. The van der Waals surface area contributed by atoms with Crippen LogP contribution >= 0.6 is 31.9 Å². The van der Waals surface area contributed by atoms with E-state index in [1.807, 2.05) is 42.5 Å². The second kappa shape index (κ2) is 5.42. The van der Waals surface area contributed by atoms with Gasteiger partial charge in [-0.15, -0.1) is 0 Å². The van der Waals surface area contributed by atoms with Crippen LogP contribution in [-0.4, -0.2) is 4.98 Å². The van der Waals surface area contributed by atoms with Crippen LogP contribution in [0.3, 0.4) is 0 Å². The molecule has 1 aromatic heterocycles. The molecule has 2 aromatic carbocycles. The summed E-state index contributed by atoms with van der Waals surface area (Å²) in [4.78, 5) is 4.39. The number of pyridine rings is 1. The molecule has 3 nitrogen and oxygen atoms in total. The summed E-state index contributed by atoms with van der Waals surface area (Å²) in [7, 11) is 0. The van der Waals surface area contributed by atoms with Crippen LogP contribution in [0.5, 0.6) is 11.5 Å². The molecular formula is C15H10Br2N2O. The van der Waals surface area contributed by atoms with Crippen molar-refractivity contribution >= 4 is 48.5 Å². The lowest BCUT2D eigenvalue weighted by Crippen LogP contribution is -1.92. The van der Waals surface area contributed by atoms with E-state index in [1.165, 1.54) is 0 Å². The van der Waals surface area contributed by atoms with Gasteiger partial charge < -0.3 is 10.5 Å². The van der Waals surface area contributed by atoms with Crippen molar-refractivity contribution in [3.05, 3.63) is 57.6 Å². The van der Waals surface area contributed by atoms with Crippen molar-refractivity contribution in [1.82, 2.24) is 4.98 Å². The van der Waals surface area contributed by atoms with Gasteiger partial charge in [-0.05, 0) is 58.4 Å². The Bertz CT molecular complexity index is 773. The summed E-state index contributed by atoms with van der Waals surface area (Å²) < 4.78 is 7.78. The first-order chi connectivity index (χ1) is 9.63. The Kier molecular flexibility index (Phi) is 3.63. The Morgan fingerprint density at radius 2 is 1.70 bits per heavy atom. The van der Waals surface area contributed by atoms with Crippen molar-refractivity contribution < 1.29 is 4.74 Å². The molecule has 0 amide bonds. The molecule has 0 saturated carbocycles. The lowest BCUT2D eigenvalue weighted by molar-refractivity contribution is 0.487. The molecule has 0 aliphatic rings. The van der Waals surface area contributed by atoms with E-state index >= 15 is 0 Å². The van der Waals surface area contributed by atoms with Gasteiger partial charge in [-0.25, -0.2) is 0 Å². The van der Waals surface area contributed by atoms with Crippen molar-refractivity contribution in [2.45, 2.75) is 0 Å². The molecule has 3 aromatic rings. The van der Waals surface area contributed by atoms with Gasteiger partial charge in [0, 0.05) is 26.2 Å². The molecular weight excluding hydrogens is 384 g/mol. The minimum Gasteiger partial charge on any atom is -0.455 e. The van der Waals surface area contributed by atoms with E-state index in [0.29, 0.717) is 11.4 Å². The molecule has 20 heavy (non-hydrogen) atoms. The number of aromatic nitrogens is 1. The molecule has 0 unspecified atom stereocenters.